The molecule has 2 aromatic heterocycles. The first-order valence-electron chi connectivity index (χ1n) is 10.7. The Labute approximate surface area is 161 Å². The van der Waals surface area contributed by atoms with Gasteiger partial charge in [0, 0.05) is 43.8 Å². The average molecular weight is 367 g/mol. The van der Waals surface area contributed by atoms with Gasteiger partial charge in [0.2, 0.25) is 5.88 Å². The summed E-state index contributed by atoms with van der Waals surface area (Å²) in [4.78, 5) is 7.20. The minimum absolute atomic E-state index is 0.146. The SMILES string of the molecule is c1ccc(O[C@H]2C[C@@H]3CN(C4CCCCC4)C[C@@H]3C[C@@H]2n2cccn2)nc1. The van der Waals surface area contributed by atoms with Crippen molar-refractivity contribution in [3.63, 3.8) is 0 Å². The first-order chi connectivity index (χ1) is 13.4. The number of fused-ring (bicyclic) bond motifs is 1. The van der Waals surface area contributed by atoms with Gasteiger partial charge in [-0.3, -0.25) is 9.58 Å². The molecule has 0 amide bonds. The van der Waals surface area contributed by atoms with Gasteiger partial charge in [0.05, 0.1) is 6.04 Å². The maximum Gasteiger partial charge on any atom is 0.213 e. The molecule has 27 heavy (non-hydrogen) atoms. The van der Waals surface area contributed by atoms with Gasteiger partial charge in [-0.15, -0.1) is 0 Å². The molecule has 2 saturated carbocycles. The van der Waals surface area contributed by atoms with Gasteiger partial charge in [0.25, 0.3) is 0 Å². The van der Waals surface area contributed by atoms with E-state index in [1.807, 2.05) is 36.7 Å². The summed E-state index contributed by atoms with van der Waals surface area (Å²) >= 11 is 0. The Hall–Kier alpha value is -1.88. The lowest BCUT2D eigenvalue weighted by Crippen LogP contribution is -2.40. The van der Waals surface area contributed by atoms with Crippen LogP contribution in [0.4, 0.5) is 0 Å². The molecule has 3 fully saturated rings. The fourth-order valence-electron chi connectivity index (χ4n) is 5.62. The van der Waals surface area contributed by atoms with Crippen molar-refractivity contribution in [1.29, 1.82) is 0 Å². The second-order valence-electron chi connectivity index (χ2n) is 8.62. The highest BCUT2D eigenvalue weighted by molar-refractivity contribution is 5.11. The van der Waals surface area contributed by atoms with E-state index in [9.17, 15) is 0 Å². The summed E-state index contributed by atoms with van der Waals surface area (Å²) < 4.78 is 8.51. The molecule has 1 saturated heterocycles. The van der Waals surface area contributed by atoms with E-state index in [0.29, 0.717) is 6.04 Å². The van der Waals surface area contributed by atoms with Crippen molar-refractivity contribution in [2.24, 2.45) is 11.8 Å². The van der Waals surface area contributed by atoms with Gasteiger partial charge >= 0.3 is 0 Å². The van der Waals surface area contributed by atoms with Gasteiger partial charge in [0.15, 0.2) is 0 Å². The molecule has 5 rings (SSSR count). The van der Waals surface area contributed by atoms with E-state index < -0.39 is 0 Å². The number of pyridine rings is 1. The van der Waals surface area contributed by atoms with Gasteiger partial charge in [-0.25, -0.2) is 4.98 Å². The van der Waals surface area contributed by atoms with E-state index in [-0.39, 0.29) is 6.10 Å². The van der Waals surface area contributed by atoms with Crippen molar-refractivity contribution in [1.82, 2.24) is 19.7 Å². The number of aromatic nitrogens is 3. The standard InChI is InChI=1S/C22H30N4O/c1-2-7-19(8-3-1)25-15-17-13-20(26-12-6-11-24-26)21(14-18(17)16-25)27-22-9-4-5-10-23-22/h4-6,9-12,17-21H,1-3,7-8,13-16H2/t17-,18+,20-,21-/m0/s1. The molecule has 0 bridgehead atoms. The molecule has 4 atom stereocenters. The van der Waals surface area contributed by atoms with Crippen LogP contribution in [0.3, 0.4) is 0 Å². The van der Waals surface area contributed by atoms with E-state index in [1.54, 1.807) is 0 Å². The van der Waals surface area contributed by atoms with Crippen molar-refractivity contribution < 1.29 is 4.74 Å². The van der Waals surface area contributed by atoms with Gasteiger partial charge in [-0.05, 0) is 49.7 Å². The largest absolute Gasteiger partial charge is 0.472 e. The molecule has 0 spiro atoms. The van der Waals surface area contributed by atoms with Gasteiger partial charge in [-0.2, -0.15) is 5.10 Å². The van der Waals surface area contributed by atoms with Crippen LogP contribution in [0, 0.1) is 11.8 Å². The van der Waals surface area contributed by atoms with E-state index in [1.165, 1.54) is 45.2 Å². The maximum absolute atomic E-state index is 6.39. The van der Waals surface area contributed by atoms with Gasteiger partial charge in [-0.1, -0.05) is 25.3 Å². The van der Waals surface area contributed by atoms with Crippen molar-refractivity contribution >= 4 is 0 Å². The smallest absolute Gasteiger partial charge is 0.213 e. The first kappa shape index (κ1) is 17.2. The van der Waals surface area contributed by atoms with Gasteiger partial charge in [0.1, 0.15) is 6.10 Å². The summed E-state index contributed by atoms with van der Waals surface area (Å²) in [6.07, 6.45) is 15.2. The monoisotopic (exact) mass is 366 g/mol. The minimum Gasteiger partial charge on any atom is -0.472 e. The Kier molecular flexibility index (Phi) is 4.87. The molecule has 0 radical (unpaired) electrons. The number of likely N-dealkylation sites (tertiary alicyclic amines) is 1. The average Bonchev–Trinajstić information content (AvgIpc) is 3.38. The molecular formula is C22H30N4O. The molecule has 144 valence electrons. The number of hydrogen-bond donors (Lipinski definition) is 0. The fraction of sp³-hybridized carbons (Fsp3) is 0.636. The molecule has 5 nitrogen and oxygen atoms in total. The highest BCUT2D eigenvalue weighted by Gasteiger charge is 2.45. The van der Waals surface area contributed by atoms with Crippen LogP contribution in [-0.2, 0) is 0 Å². The zero-order valence-electron chi connectivity index (χ0n) is 16.0. The van der Waals surface area contributed by atoms with Crippen LogP contribution in [0.5, 0.6) is 5.88 Å². The second-order valence-corrected chi connectivity index (χ2v) is 8.62. The molecule has 3 aliphatic rings. The highest BCUT2D eigenvalue weighted by atomic mass is 16.5. The van der Waals surface area contributed by atoms with Crippen molar-refractivity contribution in [2.45, 2.75) is 63.1 Å². The summed E-state index contributed by atoms with van der Waals surface area (Å²) in [7, 11) is 0. The third-order valence-electron chi connectivity index (χ3n) is 6.98. The van der Waals surface area contributed by atoms with Crippen LogP contribution in [0.1, 0.15) is 51.0 Å². The third kappa shape index (κ3) is 3.62. The molecule has 3 heterocycles. The van der Waals surface area contributed by atoms with Crippen molar-refractivity contribution in [3.8, 4) is 5.88 Å². The highest BCUT2D eigenvalue weighted by Crippen LogP contribution is 2.43. The molecule has 2 aliphatic carbocycles. The van der Waals surface area contributed by atoms with Crippen molar-refractivity contribution in [3.05, 3.63) is 42.9 Å². The molecular weight excluding hydrogens is 336 g/mol. The topological polar surface area (TPSA) is 43.2 Å². The van der Waals surface area contributed by atoms with Crippen LogP contribution in [0.25, 0.3) is 0 Å². The molecule has 2 aromatic rings. The fourth-order valence-corrected chi connectivity index (χ4v) is 5.62. The number of hydrogen-bond acceptors (Lipinski definition) is 4. The van der Waals surface area contributed by atoms with E-state index in [0.717, 1.165) is 36.6 Å². The number of nitrogens with zero attached hydrogens (tertiary/aromatic N) is 4. The molecule has 0 unspecified atom stereocenters. The van der Waals surface area contributed by atoms with Crippen molar-refractivity contribution in [2.75, 3.05) is 13.1 Å². The normalized spacial score (nSPS) is 32.3. The lowest BCUT2D eigenvalue weighted by Gasteiger charge is -2.37. The lowest BCUT2D eigenvalue weighted by molar-refractivity contribution is 0.0459. The molecule has 1 aliphatic heterocycles. The summed E-state index contributed by atoms with van der Waals surface area (Å²) in [5.74, 6) is 2.25. The maximum atomic E-state index is 6.39. The Balaban J connectivity index is 1.33. The minimum atomic E-state index is 0.146. The Bertz CT molecular complexity index is 713. The zero-order valence-corrected chi connectivity index (χ0v) is 16.0. The van der Waals surface area contributed by atoms with E-state index in [2.05, 4.69) is 25.9 Å². The molecule has 5 heteroatoms. The predicted octanol–water partition coefficient (Wildman–Crippen LogP) is 3.94. The summed E-state index contributed by atoms with van der Waals surface area (Å²) in [6.45, 7) is 2.52. The van der Waals surface area contributed by atoms with Crippen LogP contribution < -0.4 is 4.74 Å². The third-order valence-corrected chi connectivity index (χ3v) is 6.98. The molecule has 0 N–H and O–H groups in total. The van der Waals surface area contributed by atoms with Crippen LogP contribution in [-0.4, -0.2) is 44.9 Å². The Morgan fingerprint density at radius 1 is 0.926 bits per heavy atom. The Morgan fingerprint density at radius 3 is 2.52 bits per heavy atom. The van der Waals surface area contributed by atoms with Crippen LogP contribution in [0.2, 0.25) is 0 Å². The zero-order chi connectivity index (χ0) is 18.1. The van der Waals surface area contributed by atoms with E-state index >= 15 is 0 Å². The van der Waals surface area contributed by atoms with Gasteiger partial charge < -0.3 is 4.74 Å². The number of ether oxygens (including phenoxy) is 1. The van der Waals surface area contributed by atoms with Crippen LogP contribution >= 0.6 is 0 Å². The second kappa shape index (κ2) is 7.63. The molecule has 0 aromatic carbocycles. The predicted molar refractivity (Wildman–Crippen MR) is 105 cm³/mol. The van der Waals surface area contributed by atoms with E-state index in [4.69, 9.17) is 4.74 Å². The number of rotatable bonds is 4. The summed E-state index contributed by atoms with van der Waals surface area (Å²) in [5.41, 5.74) is 0. The first-order valence-corrected chi connectivity index (χ1v) is 10.7. The lowest BCUT2D eigenvalue weighted by atomic mass is 9.77. The Morgan fingerprint density at radius 2 is 1.78 bits per heavy atom. The quantitative estimate of drug-likeness (QED) is 0.822. The van der Waals surface area contributed by atoms with Crippen LogP contribution in [0.15, 0.2) is 42.9 Å². The summed E-state index contributed by atoms with van der Waals surface area (Å²) in [5, 5.41) is 4.56. The summed E-state index contributed by atoms with van der Waals surface area (Å²) in [6, 6.07) is 9.05.